The van der Waals surface area contributed by atoms with Crippen LogP contribution in [0.5, 0.6) is 11.5 Å². The molecule has 0 bridgehead atoms. The van der Waals surface area contributed by atoms with Gasteiger partial charge in [-0.25, -0.2) is 0 Å². The Morgan fingerprint density at radius 3 is 2.69 bits per heavy atom. The molecule has 1 fully saturated rings. The second kappa shape index (κ2) is 7.12. The zero-order chi connectivity index (χ0) is 18.3. The molecule has 1 saturated heterocycles. The number of pyridine rings is 1. The predicted molar refractivity (Wildman–Crippen MR) is 108 cm³/mol. The molecule has 3 heterocycles. The van der Waals surface area contributed by atoms with E-state index in [2.05, 4.69) is 38.8 Å². The molecule has 2 aliphatic rings. The SMILES string of the molecule is COc1cc(OC)c([C@H]2[C@H](c3ccccn3)N=C3S[C@@H](C)CN32)cc1Br. The molecule has 26 heavy (non-hydrogen) atoms. The van der Waals surface area contributed by atoms with Crippen molar-refractivity contribution in [3.8, 4) is 11.5 Å². The fraction of sp³-hybridized carbons (Fsp3) is 0.368. The van der Waals surface area contributed by atoms with Crippen LogP contribution in [0, 0.1) is 0 Å². The highest BCUT2D eigenvalue weighted by Gasteiger charge is 2.44. The molecule has 0 unspecified atom stereocenters. The summed E-state index contributed by atoms with van der Waals surface area (Å²) in [6, 6.07) is 10.0. The highest BCUT2D eigenvalue weighted by Crippen LogP contribution is 2.50. The van der Waals surface area contributed by atoms with E-state index < -0.39 is 0 Å². The van der Waals surface area contributed by atoms with E-state index in [1.54, 1.807) is 14.2 Å². The van der Waals surface area contributed by atoms with Crippen LogP contribution in [0.3, 0.4) is 0 Å². The van der Waals surface area contributed by atoms with Gasteiger partial charge in [-0.2, -0.15) is 0 Å². The van der Waals surface area contributed by atoms with Crippen molar-refractivity contribution < 1.29 is 9.47 Å². The summed E-state index contributed by atoms with van der Waals surface area (Å²) in [4.78, 5) is 12.0. The van der Waals surface area contributed by atoms with E-state index in [0.717, 1.165) is 38.9 Å². The molecule has 0 amide bonds. The van der Waals surface area contributed by atoms with Gasteiger partial charge in [0.05, 0.1) is 30.4 Å². The molecule has 136 valence electrons. The Morgan fingerprint density at radius 2 is 2.00 bits per heavy atom. The van der Waals surface area contributed by atoms with Crippen LogP contribution in [0.15, 0.2) is 46.0 Å². The molecule has 5 nitrogen and oxygen atoms in total. The summed E-state index contributed by atoms with van der Waals surface area (Å²) >= 11 is 5.45. The highest BCUT2D eigenvalue weighted by molar-refractivity contribution is 9.10. The maximum absolute atomic E-state index is 5.71. The molecular weight excluding hydrogens is 414 g/mol. The molecule has 4 rings (SSSR count). The minimum absolute atomic E-state index is 0.0505. The van der Waals surface area contributed by atoms with Crippen LogP contribution >= 0.6 is 27.7 Å². The van der Waals surface area contributed by atoms with Crippen LogP contribution in [0.25, 0.3) is 0 Å². The Bertz CT molecular complexity index is 846. The van der Waals surface area contributed by atoms with Crippen molar-refractivity contribution in [2.75, 3.05) is 20.8 Å². The molecule has 1 aromatic heterocycles. The molecular formula is C19H20BrN3O2S. The second-order valence-corrected chi connectivity index (χ2v) is 8.63. The fourth-order valence-corrected chi connectivity index (χ4v) is 5.18. The van der Waals surface area contributed by atoms with Gasteiger partial charge in [-0.3, -0.25) is 9.98 Å². The van der Waals surface area contributed by atoms with Gasteiger partial charge in [-0.1, -0.05) is 24.8 Å². The van der Waals surface area contributed by atoms with Gasteiger partial charge in [0.1, 0.15) is 17.5 Å². The second-order valence-electron chi connectivity index (χ2n) is 6.37. The van der Waals surface area contributed by atoms with Crippen LogP contribution in [-0.2, 0) is 0 Å². The average molecular weight is 434 g/mol. The molecule has 0 N–H and O–H groups in total. The Morgan fingerprint density at radius 1 is 1.19 bits per heavy atom. The van der Waals surface area contributed by atoms with Crippen LogP contribution in [-0.4, -0.2) is 41.1 Å². The van der Waals surface area contributed by atoms with Gasteiger partial charge in [0.15, 0.2) is 5.17 Å². The van der Waals surface area contributed by atoms with E-state index >= 15 is 0 Å². The summed E-state index contributed by atoms with van der Waals surface area (Å²) in [5, 5.41) is 1.61. The van der Waals surface area contributed by atoms with E-state index in [0.29, 0.717) is 5.25 Å². The number of methoxy groups -OCH3 is 2. The van der Waals surface area contributed by atoms with Crippen molar-refractivity contribution in [3.05, 3.63) is 52.3 Å². The summed E-state index contributed by atoms with van der Waals surface area (Å²) in [6.45, 7) is 3.20. The minimum Gasteiger partial charge on any atom is -0.496 e. The summed E-state index contributed by atoms with van der Waals surface area (Å²) in [7, 11) is 3.35. The molecule has 3 atom stereocenters. The largest absolute Gasteiger partial charge is 0.496 e. The summed E-state index contributed by atoms with van der Waals surface area (Å²) in [5.74, 6) is 1.56. The first-order chi connectivity index (χ1) is 12.6. The lowest BCUT2D eigenvalue weighted by Crippen LogP contribution is -2.29. The third kappa shape index (κ3) is 2.97. The first kappa shape index (κ1) is 17.7. The number of hydrogen-bond acceptors (Lipinski definition) is 6. The number of thioether (sulfide) groups is 1. The Kier molecular flexibility index (Phi) is 4.84. The van der Waals surface area contributed by atoms with Crippen molar-refractivity contribution in [2.24, 2.45) is 4.99 Å². The zero-order valence-corrected chi connectivity index (χ0v) is 17.3. The quantitative estimate of drug-likeness (QED) is 0.712. The molecule has 0 saturated carbocycles. The fourth-order valence-electron chi connectivity index (χ4n) is 3.57. The minimum atomic E-state index is -0.0552. The molecule has 1 aromatic carbocycles. The van der Waals surface area contributed by atoms with Gasteiger partial charge in [-0.05, 0) is 34.1 Å². The molecule has 0 aliphatic carbocycles. The summed E-state index contributed by atoms with van der Waals surface area (Å²) in [6.07, 6.45) is 1.83. The van der Waals surface area contributed by atoms with Crippen molar-refractivity contribution in [2.45, 2.75) is 24.3 Å². The number of rotatable bonds is 4. The van der Waals surface area contributed by atoms with Gasteiger partial charge in [0.25, 0.3) is 0 Å². The smallest absolute Gasteiger partial charge is 0.160 e. The number of nitrogens with zero attached hydrogens (tertiary/aromatic N) is 3. The van der Waals surface area contributed by atoms with Gasteiger partial charge in [-0.15, -0.1) is 0 Å². The predicted octanol–water partition coefficient (Wildman–Crippen LogP) is 4.45. The van der Waals surface area contributed by atoms with Gasteiger partial charge in [0.2, 0.25) is 0 Å². The number of ether oxygens (including phenoxy) is 2. The molecule has 0 radical (unpaired) electrons. The highest BCUT2D eigenvalue weighted by atomic mass is 79.9. The third-order valence-corrected chi connectivity index (χ3v) is 6.43. The maximum atomic E-state index is 5.71. The number of fused-ring (bicyclic) bond motifs is 1. The monoisotopic (exact) mass is 433 g/mol. The standard InChI is InChI=1S/C19H20BrN3O2S/c1-11-10-23-18(12-8-13(20)16(25-3)9-15(12)24-2)17(22-19(23)26-11)14-6-4-5-7-21-14/h4-9,11,17-18H,10H2,1-3H3/t11-,17-,18-/m0/s1. The third-order valence-electron chi connectivity index (χ3n) is 4.70. The van der Waals surface area contributed by atoms with Crippen molar-refractivity contribution >= 4 is 32.9 Å². The number of aliphatic imine (C=N–C) groups is 1. The van der Waals surface area contributed by atoms with Gasteiger partial charge < -0.3 is 14.4 Å². The van der Waals surface area contributed by atoms with E-state index in [4.69, 9.17) is 14.5 Å². The van der Waals surface area contributed by atoms with Crippen molar-refractivity contribution in [1.82, 2.24) is 9.88 Å². The first-order valence-electron chi connectivity index (χ1n) is 8.45. The average Bonchev–Trinajstić information content (AvgIpc) is 3.18. The van der Waals surface area contributed by atoms with Crippen molar-refractivity contribution in [3.63, 3.8) is 0 Å². The number of amidine groups is 1. The first-order valence-corrected chi connectivity index (χ1v) is 10.1. The van der Waals surface area contributed by atoms with Crippen LogP contribution < -0.4 is 9.47 Å². The van der Waals surface area contributed by atoms with E-state index in [1.807, 2.05) is 42.2 Å². The Hall–Kier alpha value is -1.73. The number of benzene rings is 1. The molecule has 7 heteroatoms. The zero-order valence-electron chi connectivity index (χ0n) is 14.8. The number of hydrogen-bond donors (Lipinski definition) is 0. The van der Waals surface area contributed by atoms with Crippen LogP contribution in [0.4, 0.5) is 0 Å². The summed E-state index contributed by atoms with van der Waals surface area (Å²) in [5.41, 5.74) is 2.06. The Balaban J connectivity index is 1.83. The van der Waals surface area contributed by atoms with E-state index in [1.165, 1.54) is 0 Å². The lowest BCUT2D eigenvalue weighted by molar-refractivity contribution is 0.306. The lowest BCUT2D eigenvalue weighted by atomic mass is 9.95. The molecule has 2 aliphatic heterocycles. The van der Waals surface area contributed by atoms with Gasteiger partial charge >= 0.3 is 0 Å². The molecule has 2 aromatic rings. The topological polar surface area (TPSA) is 47.0 Å². The van der Waals surface area contributed by atoms with Crippen molar-refractivity contribution in [1.29, 1.82) is 0 Å². The van der Waals surface area contributed by atoms with E-state index in [-0.39, 0.29) is 12.1 Å². The summed E-state index contributed by atoms with van der Waals surface area (Å²) < 4.78 is 12.1. The normalized spacial score (nSPS) is 24.4. The molecule has 0 spiro atoms. The lowest BCUT2D eigenvalue weighted by Gasteiger charge is -2.29. The Labute approximate surface area is 165 Å². The van der Waals surface area contributed by atoms with E-state index in [9.17, 15) is 0 Å². The number of aromatic nitrogens is 1. The maximum Gasteiger partial charge on any atom is 0.160 e. The van der Waals surface area contributed by atoms with Crippen LogP contribution in [0.2, 0.25) is 0 Å². The van der Waals surface area contributed by atoms with Gasteiger partial charge in [0, 0.05) is 29.6 Å². The van der Waals surface area contributed by atoms with Crippen LogP contribution in [0.1, 0.15) is 30.3 Å². The number of halogens is 1.